The molecule has 1 aromatic carbocycles. The Hall–Kier alpha value is -2.32. The smallest absolute Gasteiger partial charge is 0.128 e. The van der Waals surface area contributed by atoms with Crippen molar-refractivity contribution in [3.63, 3.8) is 0 Å². The minimum atomic E-state index is 0.196. The summed E-state index contributed by atoms with van der Waals surface area (Å²) in [5.74, 6) is 13.4. The van der Waals surface area contributed by atoms with Gasteiger partial charge >= 0.3 is 0 Å². The van der Waals surface area contributed by atoms with Gasteiger partial charge in [0.1, 0.15) is 11.5 Å². The van der Waals surface area contributed by atoms with Crippen LogP contribution < -0.4 is 10.6 Å². The summed E-state index contributed by atoms with van der Waals surface area (Å²) in [6.45, 7) is 1.45. The highest BCUT2D eigenvalue weighted by atomic mass is 16.5. The highest BCUT2D eigenvalue weighted by Gasteiger charge is 2.18. The molecule has 0 bridgehead atoms. The largest absolute Gasteiger partial charge is 0.496 e. The molecule has 1 atom stereocenters. The zero-order chi connectivity index (χ0) is 17.5. The average molecular weight is 339 g/mol. The number of benzene rings is 1. The van der Waals surface area contributed by atoms with Gasteiger partial charge in [0.15, 0.2) is 0 Å². The molecule has 3 rings (SSSR count). The van der Waals surface area contributed by atoms with Crippen molar-refractivity contribution in [2.45, 2.75) is 38.2 Å². The molecular weight excluding hydrogens is 314 g/mol. The van der Waals surface area contributed by atoms with Gasteiger partial charge in [-0.1, -0.05) is 11.8 Å². The van der Waals surface area contributed by atoms with Gasteiger partial charge in [0, 0.05) is 29.9 Å². The Labute approximate surface area is 149 Å². The van der Waals surface area contributed by atoms with Gasteiger partial charge in [-0.05, 0) is 50.3 Å². The van der Waals surface area contributed by atoms with Crippen LogP contribution in [0.15, 0.2) is 28.3 Å². The van der Waals surface area contributed by atoms with Crippen LogP contribution in [-0.2, 0) is 4.74 Å². The molecule has 1 aliphatic carbocycles. The van der Waals surface area contributed by atoms with Crippen molar-refractivity contribution in [2.75, 3.05) is 20.3 Å². The van der Waals surface area contributed by atoms with E-state index in [0.29, 0.717) is 23.9 Å². The third kappa shape index (κ3) is 5.07. The van der Waals surface area contributed by atoms with Crippen molar-refractivity contribution >= 4 is 11.9 Å². The van der Waals surface area contributed by atoms with Gasteiger partial charge in [-0.25, -0.2) is 0 Å². The Kier molecular flexibility index (Phi) is 6.08. The lowest BCUT2D eigenvalue weighted by Gasteiger charge is -2.20. The topological polar surface area (TPSA) is 69.2 Å². The quantitative estimate of drug-likeness (QED) is 0.388. The van der Waals surface area contributed by atoms with Crippen LogP contribution in [0.4, 0.5) is 0 Å². The number of hydrogen-bond donors (Lipinski definition) is 1. The molecule has 1 aromatic rings. The van der Waals surface area contributed by atoms with Crippen molar-refractivity contribution in [3.8, 4) is 17.6 Å². The van der Waals surface area contributed by atoms with E-state index in [1.165, 1.54) is 19.3 Å². The number of hydrogen-bond acceptors (Lipinski definition) is 5. The van der Waals surface area contributed by atoms with E-state index in [4.69, 9.17) is 15.3 Å². The maximum absolute atomic E-state index is 5.70. The first-order valence-electron chi connectivity index (χ1n) is 8.89. The number of methoxy groups -OCH3 is 1. The second-order valence-electron chi connectivity index (χ2n) is 6.46. The first-order valence-corrected chi connectivity index (χ1v) is 8.89. The third-order valence-corrected chi connectivity index (χ3v) is 4.41. The third-order valence-electron chi connectivity index (χ3n) is 4.41. The SMILES string of the molecule is COc1ccc(C#CC2CC2)cc1/C(C=NCC1CCCCO1)=N/N. The molecule has 0 spiro atoms. The van der Waals surface area contributed by atoms with Crippen LogP contribution in [0.2, 0.25) is 0 Å². The number of rotatable bonds is 5. The molecule has 1 heterocycles. The van der Waals surface area contributed by atoms with E-state index >= 15 is 0 Å². The fourth-order valence-corrected chi connectivity index (χ4v) is 2.78. The molecule has 2 aliphatic rings. The number of ether oxygens (including phenoxy) is 2. The monoisotopic (exact) mass is 339 g/mol. The zero-order valence-electron chi connectivity index (χ0n) is 14.7. The molecule has 1 unspecified atom stereocenters. The summed E-state index contributed by atoms with van der Waals surface area (Å²) in [6, 6.07) is 5.82. The fraction of sp³-hybridized carbons (Fsp3) is 0.500. The summed E-state index contributed by atoms with van der Waals surface area (Å²) in [6.07, 6.45) is 7.72. The van der Waals surface area contributed by atoms with Gasteiger partial charge in [0.05, 0.1) is 19.8 Å². The molecular formula is C20H25N3O2. The summed E-state index contributed by atoms with van der Waals surface area (Å²) < 4.78 is 11.1. The molecule has 0 amide bonds. The first kappa shape index (κ1) is 17.5. The second-order valence-corrected chi connectivity index (χ2v) is 6.46. The van der Waals surface area contributed by atoms with Crippen LogP contribution in [0.1, 0.15) is 43.2 Å². The van der Waals surface area contributed by atoms with E-state index < -0.39 is 0 Å². The molecule has 0 aromatic heterocycles. The van der Waals surface area contributed by atoms with E-state index in [1.807, 2.05) is 18.2 Å². The summed E-state index contributed by atoms with van der Waals surface area (Å²) in [5.41, 5.74) is 2.33. The van der Waals surface area contributed by atoms with Gasteiger partial charge < -0.3 is 15.3 Å². The van der Waals surface area contributed by atoms with Crippen LogP contribution >= 0.6 is 0 Å². The minimum absolute atomic E-state index is 0.196. The van der Waals surface area contributed by atoms with Crippen LogP contribution in [0.5, 0.6) is 5.75 Å². The maximum Gasteiger partial charge on any atom is 0.128 e. The van der Waals surface area contributed by atoms with Crippen LogP contribution in [0.3, 0.4) is 0 Å². The normalized spacial score (nSPS) is 21.0. The molecule has 132 valence electrons. The van der Waals surface area contributed by atoms with Crippen LogP contribution in [0.25, 0.3) is 0 Å². The maximum atomic E-state index is 5.70. The summed E-state index contributed by atoms with van der Waals surface area (Å²) in [5, 5.41) is 3.90. The van der Waals surface area contributed by atoms with Crippen molar-refractivity contribution in [2.24, 2.45) is 21.9 Å². The van der Waals surface area contributed by atoms with Crippen molar-refractivity contribution in [3.05, 3.63) is 29.3 Å². The number of nitrogens with zero attached hydrogens (tertiary/aromatic N) is 2. The first-order chi connectivity index (χ1) is 12.3. The Balaban J connectivity index is 1.74. The van der Waals surface area contributed by atoms with E-state index in [1.54, 1.807) is 13.3 Å². The predicted octanol–water partition coefficient (Wildman–Crippen LogP) is 2.76. The van der Waals surface area contributed by atoms with Gasteiger partial charge in [0.25, 0.3) is 0 Å². The van der Waals surface area contributed by atoms with E-state index in [-0.39, 0.29) is 6.10 Å². The number of nitrogens with two attached hydrogens (primary N) is 1. The summed E-state index contributed by atoms with van der Waals surface area (Å²) in [4.78, 5) is 4.48. The predicted molar refractivity (Wildman–Crippen MR) is 100 cm³/mol. The molecule has 1 saturated carbocycles. The number of hydrazone groups is 1. The van der Waals surface area contributed by atoms with Gasteiger partial charge in [-0.2, -0.15) is 5.10 Å². The summed E-state index contributed by atoms with van der Waals surface area (Å²) >= 11 is 0. The van der Waals surface area contributed by atoms with Gasteiger partial charge in [-0.15, -0.1) is 0 Å². The highest BCUT2D eigenvalue weighted by molar-refractivity contribution is 6.39. The molecule has 1 aliphatic heterocycles. The van der Waals surface area contributed by atoms with Crippen molar-refractivity contribution in [1.29, 1.82) is 0 Å². The molecule has 2 N–H and O–H groups in total. The van der Waals surface area contributed by atoms with E-state index in [2.05, 4.69) is 21.9 Å². The van der Waals surface area contributed by atoms with Gasteiger partial charge in [0.2, 0.25) is 0 Å². The lowest BCUT2D eigenvalue weighted by molar-refractivity contribution is 0.0226. The van der Waals surface area contributed by atoms with Crippen LogP contribution in [-0.4, -0.2) is 38.3 Å². The van der Waals surface area contributed by atoms with E-state index in [0.717, 1.165) is 30.6 Å². The lowest BCUT2D eigenvalue weighted by Crippen LogP contribution is -2.22. The van der Waals surface area contributed by atoms with E-state index in [9.17, 15) is 0 Å². The van der Waals surface area contributed by atoms with Gasteiger partial charge in [-0.3, -0.25) is 4.99 Å². The Morgan fingerprint density at radius 1 is 1.36 bits per heavy atom. The number of aliphatic imine (C=N–C) groups is 1. The molecule has 1 saturated heterocycles. The lowest BCUT2D eigenvalue weighted by atomic mass is 10.1. The molecule has 25 heavy (non-hydrogen) atoms. The minimum Gasteiger partial charge on any atom is -0.496 e. The summed E-state index contributed by atoms with van der Waals surface area (Å²) in [7, 11) is 1.63. The highest BCUT2D eigenvalue weighted by Crippen LogP contribution is 2.28. The fourth-order valence-electron chi connectivity index (χ4n) is 2.78. The average Bonchev–Trinajstić information content (AvgIpc) is 3.49. The molecule has 2 fully saturated rings. The second kappa shape index (κ2) is 8.68. The Bertz CT molecular complexity index is 705. The standard InChI is InChI=1S/C20H25N3O2/c1-24-20-10-9-16(8-7-15-5-6-15)12-18(20)19(23-21)14-22-13-17-4-2-3-11-25-17/h9-10,12,14-15,17H,2-6,11,13,21H2,1H3/b22-14?,23-19+. The Morgan fingerprint density at radius 3 is 2.92 bits per heavy atom. The van der Waals surface area contributed by atoms with Crippen molar-refractivity contribution < 1.29 is 9.47 Å². The molecule has 0 radical (unpaired) electrons. The molecule has 5 nitrogen and oxygen atoms in total. The Morgan fingerprint density at radius 2 is 2.24 bits per heavy atom. The zero-order valence-corrected chi connectivity index (χ0v) is 14.7. The van der Waals surface area contributed by atoms with Crippen molar-refractivity contribution in [1.82, 2.24) is 0 Å². The van der Waals surface area contributed by atoms with Crippen LogP contribution in [0, 0.1) is 17.8 Å². The molecule has 5 heteroatoms.